The first-order valence-electron chi connectivity index (χ1n) is 17.7. The van der Waals surface area contributed by atoms with Crippen molar-refractivity contribution < 1.29 is 23.1 Å². The number of rotatable bonds is 11. The van der Waals surface area contributed by atoms with E-state index in [2.05, 4.69) is 21.5 Å². The fourth-order valence-electron chi connectivity index (χ4n) is 7.81. The Morgan fingerprint density at radius 3 is 2.47 bits per heavy atom. The summed E-state index contributed by atoms with van der Waals surface area (Å²) in [6, 6.07) is 12.6. The first kappa shape index (κ1) is 36.0. The molecule has 2 aromatic carbocycles. The number of hydrogen-bond acceptors (Lipinski definition) is 9. The van der Waals surface area contributed by atoms with Crippen molar-refractivity contribution in [1.29, 1.82) is 0 Å². The Labute approximate surface area is 298 Å². The second-order valence-electron chi connectivity index (χ2n) is 14.1. The third-order valence-corrected chi connectivity index (χ3v) is 10.6. The highest BCUT2D eigenvalue weighted by Gasteiger charge is 2.55. The van der Waals surface area contributed by atoms with Crippen LogP contribution in [0.4, 0.5) is 30.6 Å². The molecule has 4 fully saturated rings. The fourth-order valence-corrected chi connectivity index (χ4v) is 7.81. The molecule has 1 amide bonds. The van der Waals surface area contributed by atoms with Crippen molar-refractivity contribution >= 4 is 41.9 Å². The monoisotopic (exact) mass is 699 g/mol. The third-order valence-electron chi connectivity index (χ3n) is 10.6. The van der Waals surface area contributed by atoms with E-state index in [1.54, 1.807) is 41.5 Å². The average molecular weight is 700 g/mol. The second-order valence-corrected chi connectivity index (χ2v) is 14.1. The summed E-state index contributed by atoms with van der Waals surface area (Å²) in [5.41, 5.74) is 8.62. The van der Waals surface area contributed by atoms with Crippen LogP contribution in [-0.4, -0.2) is 99.1 Å². The minimum absolute atomic E-state index is 0.0655. The molecule has 3 saturated heterocycles. The molecule has 2 N–H and O–H groups in total. The lowest BCUT2D eigenvalue weighted by molar-refractivity contribution is -0.147. The highest BCUT2D eigenvalue weighted by molar-refractivity contribution is 6.11. The van der Waals surface area contributed by atoms with Gasteiger partial charge in [0.2, 0.25) is 0 Å². The summed E-state index contributed by atoms with van der Waals surface area (Å²) in [6.07, 6.45) is 12.9. The number of carbonyl (C=O) groups is 2. The minimum atomic E-state index is -0.580. The zero-order chi connectivity index (χ0) is 36.0. The molecular formula is C39H47F2N7O3. The minimum Gasteiger partial charge on any atom is -0.446 e. The van der Waals surface area contributed by atoms with Crippen molar-refractivity contribution in [2.75, 3.05) is 61.8 Å². The number of likely N-dealkylation sites (tertiary alicyclic amines) is 2. The quantitative estimate of drug-likeness (QED) is 0.0987. The predicted molar refractivity (Wildman–Crippen MR) is 199 cm³/mol. The van der Waals surface area contributed by atoms with Crippen LogP contribution in [0.3, 0.4) is 0 Å². The van der Waals surface area contributed by atoms with Gasteiger partial charge in [-0.25, -0.2) is 13.6 Å². The fraction of sp³-hybridized carbons (Fsp3) is 0.436. The Kier molecular flexibility index (Phi) is 11.3. The van der Waals surface area contributed by atoms with Crippen molar-refractivity contribution in [3.8, 4) is 0 Å². The van der Waals surface area contributed by atoms with Gasteiger partial charge in [0, 0.05) is 80.9 Å². The molecule has 0 aromatic heterocycles. The second kappa shape index (κ2) is 16.0. The van der Waals surface area contributed by atoms with Gasteiger partial charge >= 0.3 is 6.09 Å². The third kappa shape index (κ3) is 8.56. The maximum atomic E-state index is 15.3. The van der Waals surface area contributed by atoms with E-state index >= 15 is 4.39 Å². The number of allylic oxidation sites excluding steroid dienone is 4. The molecule has 1 saturated carbocycles. The van der Waals surface area contributed by atoms with Crippen LogP contribution in [0.15, 0.2) is 88.9 Å². The van der Waals surface area contributed by atoms with Crippen LogP contribution in [0.2, 0.25) is 0 Å². The van der Waals surface area contributed by atoms with E-state index in [0.717, 1.165) is 63.7 Å². The van der Waals surface area contributed by atoms with Gasteiger partial charge in [0.15, 0.2) is 5.83 Å². The molecule has 0 atom stereocenters. The zero-order valence-corrected chi connectivity index (χ0v) is 29.2. The Morgan fingerprint density at radius 2 is 1.78 bits per heavy atom. The smallest absolute Gasteiger partial charge is 0.410 e. The van der Waals surface area contributed by atoms with E-state index in [9.17, 15) is 14.0 Å². The number of benzene rings is 2. The number of carbonyl (C=O) groups excluding carboxylic acids is 2. The first-order valence-corrected chi connectivity index (χ1v) is 17.7. The molecular weight excluding hydrogens is 652 g/mol. The summed E-state index contributed by atoms with van der Waals surface area (Å²) in [4.78, 5) is 40.3. The molecule has 0 bridgehead atoms. The predicted octanol–water partition coefficient (Wildman–Crippen LogP) is 6.15. The first-order chi connectivity index (χ1) is 24.7. The van der Waals surface area contributed by atoms with Crippen LogP contribution in [0.5, 0.6) is 0 Å². The average Bonchev–Trinajstić information content (AvgIpc) is 3.10. The highest BCUT2D eigenvalue weighted by atomic mass is 19.1. The maximum Gasteiger partial charge on any atom is 0.410 e. The molecule has 1 spiro atoms. The molecule has 0 radical (unpaired) electrons. The lowest BCUT2D eigenvalue weighted by Crippen LogP contribution is -2.67. The van der Waals surface area contributed by atoms with Gasteiger partial charge in [-0.2, -0.15) is 0 Å². The van der Waals surface area contributed by atoms with Gasteiger partial charge in [-0.15, -0.1) is 0 Å². The van der Waals surface area contributed by atoms with Crippen LogP contribution in [0.25, 0.3) is 0 Å². The van der Waals surface area contributed by atoms with E-state index < -0.39 is 5.83 Å². The van der Waals surface area contributed by atoms with Crippen LogP contribution in [-0.2, 0) is 9.53 Å². The van der Waals surface area contributed by atoms with Crippen molar-refractivity contribution in [3.63, 3.8) is 0 Å². The van der Waals surface area contributed by atoms with Crippen LogP contribution in [0.1, 0.15) is 44.1 Å². The molecule has 51 heavy (non-hydrogen) atoms. The molecule has 2 aromatic rings. The number of ether oxygens (including phenoxy) is 1. The molecule has 270 valence electrons. The number of anilines is 3. The number of hydrogen-bond donors (Lipinski definition) is 1. The lowest BCUT2D eigenvalue weighted by atomic mass is 9.61. The van der Waals surface area contributed by atoms with Crippen LogP contribution < -0.4 is 15.5 Å². The van der Waals surface area contributed by atoms with Gasteiger partial charge in [-0.05, 0) is 87.7 Å². The molecule has 3 aliphatic heterocycles. The summed E-state index contributed by atoms with van der Waals surface area (Å²) < 4.78 is 35.6. The number of piperidine rings is 2. The normalized spacial score (nSPS) is 20.8. The van der Waals surface area contributed by atoms with Crippen molar-refractivity contribution in [2.24, 2.45) is 15.4 Å². The summed E-state index contributed by atoms with van der Waals surface area (Å²) >= 11 is 0. The summed E-state index contributed by atoms with van der Waals surface area (Å²) in [7, 11) is 1.86. The molecule has 10 nitrogen and oxygen atoms in total. The van der Waals surface area contributed by atoms with Crippen molar-refractivity contribution in [1.82, 2.24) is 9.80 Å². The summed E-state index contributed by atoms with van der Waals surface area (Å²) in [5, 5.41) is 0. The van der Waals surface area contributed by atoms with Gasteiger partial charge in [0.1, 0.15) is 23.9 Å². The number of amides is 1. The SMILES string of the molecule is C=N/C=C(/F)C(=NC1CCN(C(=O)OC2CC3(C2)CN(C2CCN(c4ccc(N)cc4F)CC2)C3)CC1)c1cccc(N(C)/C=C\C=C/C=O)c1. The number of nitrogens with two attached hydrogens (primary N) is 1. The number of halogens is 2. The standard InChI is InChI=1S/C39H47F2N7O3/c1-43-25-35(41)37(28-7-6-8-32(21-28)45(2)15-4-3-5-20-49)44-30-11-16-47(17-12-30)38(50)51-33-23-39(24-33)26-48(27-39)31-13-18-46(19-14-31)36-10-9-29(42)22-34(36)40/h3-10,15,20-22,25,30-31,33H,1,11-14,16-19,23-24,26-27,42H2,2H3/b5-3-,15-4-,35-25+,44-37?. The van der Waals surface area contributed by atoms with E-state index in [1.807, 2.05) is 30.1 Å². The summed E-state index contributed by atoms with van der Waals surface area (Å²) in [6.45, 7) is 8.05. The molecule has 3 heterocycles. The van der Waals surface area contributed by atoms with Crippen LogP contribution >= 0.6 is 0 Å². The largest absolute Gasteiger partial charge is 0.446 e. The number of nitrogen functional groups attached to an aromatic ring is 1. The molecule has 12 heteroatoms. The van der Waals surface area contributed by atoms with Crippen molar-refractivity contribution in [3.05, 3.63) is 90.3 Å². The topological polar surface area (TPSA) is 107 Å². The van der Waals surface area contributed by atoms with Gasteiger partial charge in [0.25, 0.3) is 0 Å². The molecule has 4 aliphatic rings. The summed E-state index contributed by atoms with van der Waals surface area (Å²) in [5.74, 6) is -0.843. The molecule has 1 aliphatic carbocycles. The Balaban J connectivity index is 0.953. The number of aldehydes is 1. The van der Waals surface area contributed by atoms with E-state index in [-0.39, 0.29) is 35.2 Å². The maximum absolute atomic E-state index is 15.3. The van der Waals surface area contributed by atoms with Gasteiger partial charge in [0.05, 0.1) is 17.9 Å². The Morgan fingerprint density at radius 1 is 1.04 bits per heavy atom. The van der Waals surface area contributed by atoms with E-state index in [1.165, 1.54) is 12.1 Å². The zero-order valence-electron chi connectivity index (χ0n) is 29.2. The van der Waals surface area contributed by atoms with Gasteiger partial charge in [-0.3, -0.25) is 19.7 Å². The van der Waals surface area contributed by atoms with Crippen LogP contribution in [0, 0.1) is 11.2 Å². The molecule has 6 rings (SSSR count). The molecule has 0 unspecified atom stereocenters. The lowest BCUT2D eigenvalue weighted by Gasteiger charge is -2.61. The number of aliphatic imine (C=N–C) groups is 2. The van der Waals surface area contributed by atoms with Gasteiger partial charge in [-0.1, -0.05) is 18.2 Å². The Hall–Kier alpha value is -4.84. The van der Waals surface area contributed by atoms with Crippen molar-refractivity contribution in [2.45, 2.75) is 56.7 Å². The van der Waals surface area contributed by atoms with E-state index in [0.29, 0.717) is 55.2 Å². The number of nitrogens with zero attached hydrogens (tertiary/aromatic N) is 6. The highest BCUT2D eigenvalue weighted by Crippen LogP contribution is 2.51. The Bertz CT molecular complexity index is 1700. The van der Waals surface area contributed by atoms with Gasteiger partial charge < -0.3 is 25.2 Å². The van der Waals surface area contributed by atoms with E-state index in [4.69, 9.17) is 15.5 Å².